The van der Waals surface area contributed by atoms with Crippen LogP contribution in [0.3, 0.4) is 0 Å². The van der Waals surface area contributed by atoms with Crippen LogP contribution in [0.2, 0.25) is 0 Å². The lowest BCUT2D eigenvalue weighted by atomic mass is 10.2. The van der Waals surface area contributed by atoms with Crippen molar-refractivity contribution in [2.45, 2.75) is 24.2 Å². The van der Waals surface area contributed by atoms with Gasteiger partial charge in [0.1, 0.15) is 11.2 Å². The molecule has 3 heterocycles. The second-order valence-electron chi connectivity index (χ2n) is 7.99. The molecule has 1 aliphatic rings. The molecule has 38 heavy (non-hydrogen) atoms. The summed E-state index contributed by atoms with van der Waals surface area (Å²) >= 11 is 0. The van der Waals surface area contributed by atoms with Crippen molar-refractivity contribution in [3.63, 3.8) is 0 Å². The molecule has 0 fully saturated rings. The first-order valence-electron chi connectivity index (χ1n) is 11.0. The molecule has 204 valence electrons. The standard InChI is InChI=1S/C21H23N5O4S.C2HF3O2/c1-24(13-16-7-5-6-10-22-16)21(27)20-18-14-25(11-12-30-2)31(28,29)19-9-4-3-8-17(19)26(18)15-23-20;3-2(4,5)1(6)7/h3-10,15H,11-14H2,1-2H3;(H,6,7). The Labute approximate surface area is 216 Å². The number of para-hydroxylation sites is 1. The molecule has 0 saturated carbocycles. The molecule has 1 amide bonds. The van der Waals surface area contributed by atoms with E-state index in [0.29, 0.717) is 17.9 Å². The Morgan fingerprint density at radius 1 is 1.13 bits per heavy atom. The zero-order chi connectivity index (χ0) is 28.1. The molecule has 0 radical (unpaired) electrons. The lowest BCUT2D eigenvalue weighted by molar-refractivity contribution is -0.192. The van der Waals surface area contributed by atoms with Gasteiger partial charge in [0.05, 0.1) is 36.8 Å². The Bertz CT molecular complexity index is 1400. The van der Waals surface area contributed by atoms with Crippen molar-refractivity contribution in [1.82, 2.24) is 23.7 Å². The molecule has 0 saturated heterocycles. The van der Waals surface area contributed by atoms with E-state index in [1.807, 2.05) is 18.2 Å². The molecule has 4 rings (SSSR count). The quantitative estimate of drug-likeness (QED) is 0.490. The van der Waals surface area contributed by atoms with Crippen LogP contribution in [0.25, 0.3) is 5.69 Å². The highest BCUT2D eigenvalue weighted by molar-refractivity contribution is 7.89. The zero-order valence-electron chi connectivity index (χ0n) is 20.3. The third kappa shape index (κ3) is 6.35. The summed E-state index contributed by atoms with van der Waals surface area (Å²) in [4.78, 5) is 32.4. The van der Waals surface area contributed by atoms with Crippen LogP contribution < -0.4 is 0 Å². The van der Waals surface area contributed by atoms with E-state index in [2.05, 4.69) is 9.97 Å². The Balaban J connectivity index is 0.000000505. The molecule has 0 atom stereocenters. The van der Waals surface area contributed by atoms with E-state index in [4.69, 9.17) is 14.6 Å². The largest absolute Gasteiger partial charge is 0.490 e. The van der Waals surface area contributed by atoms with E-state index in [1.165, 1.54) is 22.6 Å². The first-order valence-corrected chi connectivity index (χ1v) is 12.4. The summed E-state index contributed by atoms with van der Waals surface area (Å²) in [6.45, 7) is 0.723. The van der Waals surface area contributed by atoms with Gasteiger partial charge >= 0.3 is 12.1 Å². The minimum Gasteiger partial charge on any atom is -0.475 e. The number of halogens is 3. The van der Waals surface area contributed by atoms with Gasteiger partial charge in [-0.05, 0) is 24.3 Å². The van der Waals surface area contributed by atoms with Crippen LogP contribution in [0, 0.1) is 0 Å². The summed E-state index contributed by atoms with van der Waals surface area (Å²) in [6, 6.07) is 12.2. The van der Waals surface area contributed by atoms with Crippen molar-refractivity contribution >= 4 is 21.9 Å². The number of nitrogens with zero attached hydrogens (tertiary/aromatic N) is 5. The van der Waals surface area contributed by atoms with Crippen LogP contribution in [0.15, 0.2) is 59.9 Å². The van der Waals surface area contributed by atoms with Crippen molar-refractivity contribution in [2.75, 3.05) is 27.3 Å². The number of aromatic nitrogens is 3. The fourth-order valence-corrected chi connectivity index (χ4v) is 5.12. The number of hydrogen-bond donors (Lipinski definition) is 1. The van der Waals surface area contributed by atoms with E-state index in [0.717, 1.165) is 5.69 Å². The van der Waals surface area contributed by atoms with Crippen LogP contribution in [0.5, 0.6) is 0 Å². The van der Waals surface area contributed by atoms with Crippen LogP contribution in [-0.2, 0) is 32.6 Å². The fourth-order valence-electron chi connectivity index (χ4n) is 3.56. The summed E-state index contributed by atoms with van der Waals surface area (Å²) in [6.07, 6.45) is -1.91. The van der Waals surface area contributed by atoms with E-state index in [1.54, 1.807) is 42.1 Å². The number of benzene rings is 1. The predicted molar refractivity (Wildman–Crippen MR) is 127 cm³/mol. The minimum atomic E-state index is -5.08. The van der Waals surface area contributed by atoms with Gasteiger partial charge in [0.25, 0.3) is 5.91 Å². The van der Waals surface area contributed by atoms with Crippen molar-refractivity contribution in [3.05, 3.63) is 72.1 Å². The van der Waals surface area contributed by atoms with E-state index in [9.17, 15) is 26.4 Å². The van der Waals surface area contributed by atoms with Gasteiger partial charge < -0.3 is 14.7 Å². The first-order chi connectivity index (χ1) is 17.9. The van der Waals surface area contributed by atoms with Gasteiger partial charge in [0.15, 0.2) is 5.69 Å². The molecule has 1 N–H and O–H groups in total. The fraction of sp³-hybridized carbons (Fsp3) is 0.304. The molecule has 0 spiro atoms. The molecule has 0 unspecified atom stereocenters. The number of hydrogen-bond acceptors (Lipinski definition) is 7. The van der Waals surface area contributed by atoms with E-state index in [-0.39, 0.29) is 36.2 Å². The van der Waals surface area contributed by atoms with Crippen LogP contribution in [0.4, 0.5) is 13.2 Å². The number of carboxylic acid groups (broad SMARTS) is 1. The van der Waals surface area contributed by atoms with Gasteiger partial charge in [-0.15, -0.1) is 0 Å². The van der Waals surface area contributed by atoms with Crippen molar-refractivity contribution < 1.29 is 41.0 Å². The van der Waals surface area contributed by atoms with Crippen molar-refractivity contribution in [3.8, 4) is 5.69 Å². The van der Waals surface area contributed by atoms with Gasteiger partial charge in [-0.3, -0.25) is 14.3 Å². The molecule has 0 bridgehead atoms. The number of fused-ring (bicyclic) bond motifs is 3. The third-order valence-electron chi connectivity index (χ3n) is 5.40. The number of imidazole rings is 1. The summed E-state index contributed by atoms with van der Waals surface area (Å²) in [5.41, 5.74) is 1.95. The normalized spacial score (nSPS) is 14.3. The van der Waals surface area contributed by atoms with Crippen molar-refractivity contribution in [2.24, 2.45) is 0 Å². The average molecular weight is 556 g/mol. The zero-order valence-corrected chi connectivity index (χ0v) is 21.1. The number of ether oxygens (including phenoxy) is 1. The number of carboxylic acids is 1. The maximum atomic E-state index is 13.3. The number of amides is 1. The lowest BCUT2D eigenvalue weighted by Gasteiger charge is -2.20. The van der Waals surface area contributed by atoms with Gasteiger partial charge in [-0.2, -0.15) is 17.5 Å². The molecule has 11 nitrogen and oxygen atoms in total. The summed E-state index contributed by atoms with van der Waals surface area (Å²) in [5.74, 6) is -3.06. The Kier molecular flexibility index (Phi) is 8.85. The Morgan fingerprint density at radius 2 is 1.79 bits per heavy atom. The van der Waals surface area contributed by atoms with Gasteiger partial charge in [-0.25, -0.2) is 18.2 Å². The topological polar surface area (TPSA) is 135 Å². The molecule has 3 aromatic rings. The second-order valence-corrected chi connectivity index (χ2v) is 9.90. The maximum absolute atomic E-state index is 13.3. The number of aliphatic carboxylic acids is 1. The van der Waals surface area contributed by atoms with E-state index < -0.39 is 22.2 Å². The number of carbonyl (C=O) groups is 2. The van der Waals surface area contributed by atoms with Crippen LogP contribution in [-0.4, -0.2) is 82.6 Å². The SMILES string of the molecule is COCCN1Cc2c(C(=O)N(C)Cc3ccccn3)ncn2-c2ccccc2S1(=O)=O.O=C(O)C(F)(F)F. The second kappa shape index (κ2) is 11.7. The molecular formula is C23H24F3N5O6S. The Hall–Kier alpha value is -3.82. The van der Waals surface area contributed by atoms with Crippen LogP contribution >= 0.6 is 0 Å². The summed E-state index contributed by atoms with van der Waals surface area (Å²) in [7, 11) is -0.579. The monoisotopic (exact) mass is 555 g/mol. The maximum Gasteiger partial charge on any atom is 0.490 e. The predicted octanol–water partition coefficient (Wildman–Crippen LogP) is 2.32. The van der Waals surface area contributed by atoms with Gasteiger partial charge in [-0.1, -0.05) is 18.2 Å². The van der Waals surface area contributed by atoms with E-state index >= 15 is 0 Å². The molecule has 0 aliphatic carbocycles. The Morgan fingerprint density at radius 3 is 2.39 bits per heavy atom. The molecule has 1 aliphatic heterocycles. The van der Waals surface area contributed by atoms with Crippen LogP contribution in [0.1, 0.15) is 21.9 Å². The first kappa shape index (κ1) is 28.7. The average Bonchev–Trinajstić information content (AvgIpc) is 3.26. The highest BCUT2D eigenvalue weighted by Crippen LogP contribution is 2.31. The molecule has 2 aromatic heterocycles. The molecule has 1 aromatic carbocycles. The smallest absolute Gasteiger partial charge is 0.475 e. The molecule has 15 heteroatoms. The highest BCUT2D eigenvalue weighted by Gasteiger charge is 2.38. The van der Waals surface area contributed by atoms with Crippen molar-refractivity contribution in [1.29, 1.82) is 0 Å². The number of sulfonamides is 1. The third-order valence-corrected chi connectivity index (χ3v) is 7.29. The number of pyridine rings is 1. The molecular weight excluding hydrogens is 531 g/mol. The lowest BCUT2D eigenvalue weighted by Crippen LogP contribution is -2.34. The van der Waals surface area contributed by atoms with Gasteiger partial charge in [0, 0.05) is 26.9 Å². The highest BCUT2D eigenvalue weighted by atomic mass is 32.2. The van der Waals surface area contributed by atoms with Gasteiger partial charge in [0.2, 0.25) is 10.0 Å². The summed E-state index contributed by atoms with van der Waals surface area (Å²) < 4.78 is 66.4. The summed E-state index contributed by atoms with van der Waals surface area (Å²) in [5, 5.41) is 7.12. The minimum absolute atomic E-state index is 0.0128. The number of carbonyl (C=O) groups excluding carboxylic acids is 1. The number of alkyl halides is 3. The number of rotatable bonds is 6. The number of methoxy groups -OCH3 is 1.